The topological polar surface area (TPSA) is 34.1 Å². The lowest BCUT2D eigenvalue weighted by molar-refractivity contribution is 0.242. The Balaban J connectivity index is 2.03. The highest BCUT2D eigenvalue weighted by Crippen LogP contribution is 2.22. The SMILES string of the molecule is CC(C)Oc1ccc(C(C)Nc2cccc(Cl)n2)cc1. The Kier molecular flexibility index (Phi) is 4.85. The fourth-order valence-corrected chi connectivity index (χ4v) is 2.06. The molecule has 0 spiro atoms. The largest absolute Gasteiger partial charge is 0.491 e. The van der Waals surface area contributed by atoms with Crippen LogP contribution in [0.2, 0.25) is 5.15 Å². The molecule has 1 atom stereocenters. The standard InChI is InChI=1S/C16H19ClN2O/c1-11(2)20-14-9-7-13(8-10-14)12(3)18-16-6-4-5-15(17)19-16/h4-12H,1-3H3,(H,18,19). The normalized spacial score (nSPS) is 12.2. The van der Waals surface area contributed by atoms with Gasteiger partial charge in [-0.25, -0.2) is 4.98 Å². The van der Waals surface area contributed by atoms with Crippen LogP contribution in [0.25, 0.3) is 0 Å². The van der Waals surface area contributed by atoms with Crippen molar-refractivity contribution in [2.75, 3.05) is 5.32 Å². The summed E-state index contributed by atoms with van der Waals surface area (Å²) in [6, 6.07) is 13.8. The molecule has 2 aromatic rings. The Morgan fingerprint density at radius 2 is 1.75 bits per heavy atom. The van der Waals surface area contributed by atoms with Crippen LogP contribution in [0.4, 0.5) is 5.82 Å². The number of pyridine rings is 1. The highest BCUT2D eigenvalue weighted by atomic mass is 35.5. The maximum Gasteiger partial charge on any atom is 0.131 e. The molecule has 20 heavy (non-hydrogen) atoms. The summed E-state index contributed by atoms with van der Waals surface area (Å²) in [4.78, 5) is 4.23. The van der Waals surface area contributed by atoms with Gasteiger partial charge in [0.2, 0.25) is 0 Å². The molecule has 0 radical (unpaired) electrons. The smallest absolute Gasteiger partial charge is 0.131 e. The first-order valence-electron chi connectivity index (χ1n) is 6.70. The molecular formula is C16H19ClN2O. The third-order valence-corrected chi connectivity index (χ3v) is 3.04. The van der Waals surface area contributed by atoms with Crippen LogP contribution >= 0.6 is 11.6 Å². The van der Waals surface area contributed by atoms with Crippen LogP contribution < -0.4 is 10.1 Å². The Bertz CT molecular complexity index is 555. The highest BCUT2D eigenvalue weighted by molar-refractivity contribution is 6.29. The molecule has 1 N–H and O–H groups in total. The van der Waals surface area contributed by atoms with Gasteiger partial charge in [0.15, 0.2) is 0 Å². The van der Waals surface area contributed by atoms with E-state index in [2.05, 4.69) is 29.4 Å². The first kappa shape index (κ1) is 14.7. The summed E-state index contributed by atoms with van der Waals surface area (Å²) in [7, 11) is 0. The number of benzene rings is 1. The van der Waals surface area contributed by atoms with Crippen molar-refractivity contribution in [3.8, 4) is 5.75 Å². The summed E-state index contributed by atoms with van der Waals surface area (Å²) in [6.07, 6.45) is 0.187. The lowest BCUT2D eigenvalue weighted by Crippen LogP contribution is -2.08. The van der Waals surface area contributed by atoms with Crippen LogP contribution in [0.5, 0.6) is 5.75 Å². The number of halogens is 1. The average Bonchev–Trinajstić information content (AvgIpc) is 2.38. The number of hydrogen-bond donors (Lipinski definition) is 1. The van der Waals surface area contributed by atoms with Crippen molar-refractivity contribution in [1.29, 1.82) is 0 Å². The van der Waals surface area contributed by atoms with Crippen LogP contribution in [0, 0.1) is 0 Å². The van der Waals surface area contributed by atoms with Crippen molar-refractivity contribution < 1.29 is 4.74 Å². The molecule has 0 fully saturated rings. The van der Waals surface area contributed by atoms with Crippen molar-refractivity contribution in [1.82, 2.24) is 4.98 Å². The van der Waals surface area contributed by atoms with Gasteiger partial charge in [0, 0.05) is 6.04 Å². The molecule has 1 aromatic heterocycles. The molecule has 0 amide bonds. The summed E-state index contributed by atoms with van der Waals surface area (Å²) in [6.45, 7) is 6.12. The molecular weight excluding hydrogens is 272 g/mol. The molecule has 0 bridgehead atoms. The van der Waals surface area contributed by atoms with Gasteiger partial charge in [0.05, 0.1) is 6.10 Å². The Morgan fingerprint density at radius 3 is 2.35 bits per heavy atom. The van der Waals surface area contributed by atoms with E-state index in [1.165, 1.54) is 5.56 Å². The fraction of sp³-hybridized carbons (Fsp3) is 0.312. The second-order valence-corrected chi connectivity index (χ2v) is 5.33. The molecule has 1 aromatic carbocycles. The van der Waals surface area contributed by atoms with Gasteiger partial charge in [-0.2, -0.15) is 0 Å². The van der Waals surface area contributed by atoms with Gasteiger partial charge >= 0.3 is 0 Å². The van der Waals surface area contributed by atoms with Crippen LogP contribution in [0.15, 0.2) is 42.5 Å². The highest BCUT2D eigenvalue weighted by Gasteiger charge is 2.07. The maximum absolute atomic E-state index is 5.88. The number of hydrogen-bond acceptors (Lipinski definition) is 3. The van der Waals surface area contributed by atoms with Gasteiger partial charge in [-0.05, 0) is 50.6 Å². The van der Waals surface area contributed by atoms with Crippen LogP contribution in [0.3, 0.4) is 0 Å². The van der Waals surface area contributed by atoms with Crippen LogP contribution in [0.1, 0.15) is 32.4 Å². The summed E-state index contributed by atoms with van der Waals surface area (Å²) in [5.41, 5.74) is 1.17. The molecule has 0 saturated carbocycles. The zero-order chi connectivity index (χ0) is 14.5. The zero-order valence-electron chi connectivity index (χ0n) is 11.9. The maximum atomic E-state index is 5.88. The quantitative estimate of drug-likeness (QED) is 0.811. The molecule has 4 heteroatoms. The molecule has 1 heterocycles. The van der Waals surface area contributed by atoms with Gasteiger partial charge < -0.3 is 10.1 Å². The third kappa shape index (κ3) is 4.14. The van der Waals surface area contributed by atoms with Crippen LogP contribution in [-0.4, -0.2) is 11.1 Å². The molecule has 1 unspecified atom stereocenters. The Morgan fingerprint density at radius 1 is 1.05 bits per heavy atom. The van der Waals surface area contributed by atoms with Gasteiger partial charge in [-0.15, -0.1) is 0 Å². The van der Waals surface area contributed by atoms with E-state index in [1.807, 2.05) is 38.1 Å². The molecule has 0 aliphatic rings. The van der Waals surface area contributed by atoms with Gasteiger partial charge in [-0.3, -0.25) is 0 Å². The number of aromatic nitrogens is 1. The van der Waals surface area contributed by atoms with Gasteiger partial charge in [0.25, 0.3) is 0 Å². The second-order valence-electron chi connectivity index (χ2n) is 4.95. The van der Waals surface area contributed by atoms with E-state index < -0.39 is 0 Å². The zero-order valence-corrected chi connectivity index (χ0v) is 12.7. The Hall–Kier alpha value is -1.74. The lowest BCUT2D eigenvalue weighted by Gasteiger charge is -2.16. The lowest BCUT2D eigenvalue weighted by atomic mass is 10.1. The number of nitrogens with zero attached hydrogens (tertiary/aromatic N) is 1. The number of ether oxygens (including phenoxy) is 1. The second kappa shape index (κ2) is 6.62. The first-order valence-corrected chi connectivity index (χ1v) is 7.08. The molecule has 0 aliphatic carbocycles. The minimum Gasteiger partial charge on any atom is -0.491 e. The monoisotopic (exact) mass is 290 g/mol. The van der Waals surface area contributed by atoms with Crippen LogP contribution in [-0.2, 0) is 0 Å². The minimum atomic E-state index is 0.147. The molecule has 0 aliphatic heterocycles. The fourth-order valence-electron chi connectivity index (χ4n) is 1.90. The number of anilines is 1. The van der Waals surface area contributed by atoms with E-state index in [-0.39, 0.29) is 12.1 Å². The predicted octanol–water partition coefficient (Wildman–Crippen LogP) is 4.70. The van der Waals surface area contributed by atoms with Crippen molar-refractivity contribution in [3.63, 3.8) is 0 Å². The first-order chi connectivity index (χ1) is 9.54. The van der Waals surface area contributed by atoms with E-state index in [9.17, 15) is 0 Å². The summed E-state index contributed by atoms with van der Waals surface area (Å²) < 4.78 is 5.63. The average molecular weight is 291 g/mol. The Labute approximate surface area is 124 Å². The van der Waals surface area contributed by atoms with E-state index in [0.717, 1.165) is 11.6 Å². The number of rotatable bonds is 5. The van der Waals surface area contributed by atoms with Crippen molar-refractivity contribution in [2.45, 2.75) is 32.9 Å². The van der Waals surface area contributed by atoms with E-state index in [4.69, 9.17) is 16.3 Å². The molecule has 2 rings (SSSR count). The van der Waals surface area contributed by atoms with Crippen molar-refractivity contribution in [3.05, 3.63) is 53.2 Å². The summed E-state index contributed by atoms with van der Waals surface area (Å²) in [5, 5.41) is 3.81. The van der Waals surface area contributed by atoms with Crippen molar-refractivity contribution in [2.24, 2.45) is 0 Å². The van der Waals surface area contributed by atoms with Gasteiger partial charge in [-0.1, -0.05) is 29.8 Å². The minimum absolute atomic E-state index is 0.147. The summed E-state index contributed by atoms with van der Waals surface area (Å²) in [5.74, 6) is 1.66. The van der Waals surface area contributed by atoms with E-state index in [0.29, 0.717) is 5.15 Å². The third-order valence-electron chi connectivity index (χ3n) is 2.83. The number of nitrogens with one attached hydrogen (secondary N) is 1. The van der Waals surface area contributed by atoms with Gasteiger partial charge in [0.1, 0.15) is 16.7 Å². The summed E-state index contributed by atoms with van der Waals surface area (Å²) >= 11 is 5.88. The van der Waals surface area contributed by atoms with E-state index in [1.54, 1.807) is 6.07 Å². The van der Waals surface area contributed by atoms with Crippen molar-refractivity contribution >= 4 is 17.4 Å². The molecule has 106 valence electrons. The predicted molar refractivity (Wildman–Crippen MR) is 83.5 cm³/mol. The molecule has 3 nitrogen and oxygen atoms in total. The van der Waals surface area contributed by atoms with E-state index >= 15 is 0 Å². The molecule has 0 saturated heterocycles.